The standard InChI is InChI=1S/C12H17F3N2O3S/c1-12(18,7-17(2)3)6-16-21(19,20)11-9(14)4-8(13)5-10(11)15/h4-5,16,18H,6-7H2,1-3H3. The minimum atomic E-state index is -4.55. The van der Waals surface area contributed by atoms with E-state index in [0.29, 0.717) is 0 Å². The molecule has 2 N–H and O–H groups in total. The maximum atomic E-state index is 13.5. The van der Waals surface area contributed by atoms with E-state index in [1.54, 1.807) is 19.0 Å². The summed E-state index contributed by atoms with van der Waals surface area (Å²) in [5, 5.41) is 9.96. The number of aliphatic hydroxyl groups is 1. The molecule has 0 fully saturated rings. The molecule has 1 aromatic carbocycles. The Kier molecular flexibility index (Phi) is 5.37. The largest absolute Gasteiger partial charge is 0.387 e. The summed E-state index contributed by atoms with van der Waals surface area (Å²) in [5.74, 6) is -4.29. The molecule has 0 bridgehead atoms. The Balaban J connectivity index is 2.98. The molecule has 1 aromatic rings. The lowest BCUT2D eigenvalue weighted by molar-refractivity contribution is 0.0385. The van der Waals surface area contributed by atoms with Gasteiger partial charge in [0.25, 0.3) is 0 Å². The molecule has 0 radical (unpaired) electrons. The molecule has 0 amide bonds. The van der Waals surface area contributed by atoms with Crippen molar-refractivity contribution in [2.45, 2.75) is 17.4 Å². The van der Waals surface area contributed by atoms with E-state index >= 15 is 0 Å². The third kappa shape index (κ3) is 4.95. The maximum Gasteiger partial charge on any atom is 0.246 e. The van der Waals surface area contributed by atoms with Gasteiger partial charge in [-0.05, 0) is 21.0 Å². The molecule has 120 valence electrons. The third-order valence-corrected chi connectivity index (χ3v) is 3.98. The highest BCUT2D eigenvalue weighted by atomic mass is 32.2. The summed E-state index contributed by atoms with van der Waals surface area (Å²) in [5.41, 5.74) is -1.44. The Hall–Kier alpha value is -1.16. The number of benzene rings is 1. The van der Waals surface area contributed by atoms with Crippen molar-refractivity contribution in [1.29, 1.82) is 0 Å². The van der Waals surface area contributed by atoms with Crippen molar-refractivity contribution < 1.29 is 26.7 Å². The second kappa shape index (κ2) is 6.30. The van der Waals surface area contributed by atoms with Crippen molar-refractivity contribution in [3.05, 3.63) is 29.6 Å². The van der Waals surface area contributed by atoms with Crippen LogP contribution in [0.3, 0.4) is 0 Å². The van der Waals surface area contributed by atoms with Crippen LogP contribution in [0.15, 0.2) is 17.0 Å². The first-order valence-electron chi connectivity index (χ1n) is 5.96. The van der Waals surface area contributed by atoms with Gasteiger partial charge in [-0.2, -0.15) is 0 Å². The molecule has 1 atom stereocenters. The Labute approximate surface area is 121 Å². The number of nitrogens with one attached hydrogen (secondary N) is 1. The van der Waals surface area contributed by atoms with Crippen molar-refractivity contribution in [3.8, 4) is 0 Å². The number of nitrogens with zero attached hydrogens (tertiary/aromatic N) is 1. The van der Waals surface area contributed by atoms with E-state index in [1.165, 1.54) is 6.92 Å². The molecule has 5 nitrogen and oxygen atoms in total. The van der Waals surface area contributed by atoms with Crippen molar-refractivity contribution in [2.24, 2.45) is 0 Å². The SMILES string of the molecule is CN(C)CC(C)(O)CNS(=O)(=O)c1c(F)cc(F)cc1F. The zero-order valence-electron chi connectivity index (χ0n) is 11.8. The number of sulfonamides is 1. The normalized spacial score (nSPS) is 15.2. The Morgan fingerprint density at radius 2 is 1.71 bits per heavy atom. The molecular formula is C12H17F3N2O3S. The first-order chi connectivity index (χ1) is 9.44. The number of likely N-dealkylation sites (N-methyl/N-ethyl adjacent to an activating group) is 1. The van der Waals surface area contributed by atoms with Gasteiger partial charge in [0.2, 0.25) is 10.0 Å². The zero-order valence-corrected chi connectivity index (χ0v) is 12.6. The van der Waals surface area contributed by atoms with Crippen molar-refractivity contribution in [3.63, 3.8) is 0 Å². The molecule has 0 saturated heterocycles. The van der Waals surface area contributed by atoms with E-state index in [9.17, 15) is 26.7 Å². The van der Waals surface area contributed by atoms with Crippen LogP contribution in [-0.2, 0) is 10.0 Å². The predicted molar refractivity (Wildman–Crippen MR) is 70.7 cm³/mol. The van der Waals surface area contributed by atoms with Gasteiger partial charge < -0.3 is 10.0 Å². The van der Waals surface area contributed by atoms with Crippen LogP contribution in [0.5, 0.6) is 0 Å². The number of hydrogen-bond donors (Lipinski definition) is 2. The van der Waals surface area contributed by atoms with Crippen LogP contribution < -0.4 is 4.72 Å². The van der Waals surface area contributed by atoms with Gasteiger partial charge in [0, 0.05) is 25.2 Å². The molecule has 0 heterocycles. The highest BCUT2D eigenvalue weighted by Gasteiger charge is 2.29. The quantitative estimate of drug-likeness (QED) is 0.807. The average Bonchev–Trinajstić information content (AvgIpc) is 2.23. The fourth-order valence-corrected chi connectivity index (χ4v) is 3.12. The molecule has 0 aliphatic carbocycles. The zero-order chi connectivity index (χ0) is 16.4. The summed E-state index contributed by atoms with van der Waals surface area (Å²) < 4.78 is 65.4. The van der Waals surface area contributed by atoms with Crippen LogP contribution in [0.25, 0.3) is 0 Å². The minimum Gasteiger partial charge on any atom is -0.387 e. The van der Waals surface area contributed by atoms with Crippen LogP contribution in [-0.4, -0.2) is 51.2 Å². The average molecular weight is 326 g/mol. The minimum absolute atomic E-state index is 0.129. The predicted octanol–water partition coefficient (Wildman–Crippen LogP) is 0.695. The summed E-state index contributed by atoms with van der Waals surface area (Å²) in [6.45, 7) is 1.04. The van der Waals surface area contributed by atoms with E-state index in [-0.39, 0.29) is 18.7 Å². The van der Waals surface area contributed by atoms with Crippen LogP contribution in [0, 0.1) is 17.5 Å². The number of rotatable bonds is 6. The summed E-state index contributed by atoms with van der Waals surface area (Å²) in [4.78, 5) is 0.345. The lowest BCUT2D eigenvalue weighted by Gasteiger charge is -2.27. The van der Waals surface area contributed by atoms with Crippen LogP contribution >= 0.6 is 0 Å². The van der Waals surface area contributed by atoms with Crippen LogP contribution in [0.4, 0.5) is 13.2 Å². The molecule has 9 heteroatoms. The van der Waals surface area contributed by atoms with E-state index in [1.807, 2.05) is 4.72 Å². The first kappa shape index (κ1) is 17.9. The Morgan fingerprint density at radius 1 is 1.24 bits per heavy atom. The topological polar surface area (TPSA) is 69.6 Å². The van der Waals surface area contributed by atoms with Crippen LogP contribution in [0.1, 0.15) is 6.92 Å². The van der Waals surface area contributed by atoms with E-state index in [2.05, 4.69) is 0 Å². The maximum absolute atomic E-state index is 13.5. The second-order valence-corrected chi connectivity index (χ2v) is 6.96. The van der Waals surface area contributed by atoms with Gasteiger partial charge in [0.15, 0.2) is 4.90 Å². The van der Waals surface area contributed by atoms with E-state index in [0.717, 1.165) is 0 Å². The summed E-state index contributed by atoms with van der Waals surface area (Å²) in [6, 6.07) is 0.547. The molecule has 0 aliphatic rings. The van der Waals surface area contributed by atoms with Gasteiger partial charge in [-0.15, -0.1) is 0 Å². The van der Waals surface area contributed by atoms with Crippen LogP contribution in [0.2, 0.25) is 0 Å². The van der Waals surface area contributed by atoms with Gasteiger partial charge in [-0.1, -0.05) is 0 Å². The molecule has 0 saturated carbocycles. The lowest BCUT2D eigenvalue weighted by Crippen LogP contribution is -2.47. The smallest absolute Gasteiger partial charge is 0.246 e. The van der Waals surface area contributed by atoms with Crippen molar-refractivity contribution >= 4 is 10.0 Å². The molecule has 0 aliphatic heterocycles. The van der Waals surface area contributed by atoms with Gasteiger partial charge in [-0.3, -0.25) is 0 Å². The van der Waals surface area contributed by atoms with Crippen molar-refractivity contribution in [1.82, 2.24) is 9.62 Å². The molecule has 0 aromatic heterocycles. The van der Waals surface area contributed by atoms with E-state index in [4.69, 9.17) is 0 Å². The fraction of sp³-hybridized carbons (Fsp3) is 0.500. The number of halogens is 3. The fourth-order valence-electron chi connectivity index (χ4n) is 1.85. The Morgan fingerprint density at radius 3 is 2.14 bits per heavy atom. The Bertz CT molecular complexity index is 595. The molecular weight excluding hydrogens is 309 g/mol. The third-order valence-electron chi connectivity index (χ3n) is 2.53. The first-order valence-corrected chi connectivity index (χ1v) is 7.44. The van der Waals surface area contributed by atoms with E-state index < -0.39 is 44.5 Å². The van der Waals surface area contributed by atoms with Crippen molar-refractivity contribution in [2.75, 3.05) is 27.2 Å². The summed E-state index contributed by atoms with van der Waals surface area (Å²) in [7, 11) is -1.21. The highest BCUT2D eigenvalue weighted by molar-refractivity contribution is 7.89. The molecule has 21 heavy (non-hydrogen) atoms. The van der Waals surface area contributed by atoms with Gasteiger partial charge in [0.05, 0.1) is 5.60 Å². The number of hydrogen-bond acceptors (Lipinski definition) is 4. The van der Waals surface area contributed by atoms with Gasteiger partial charge in [0.1, 0.15) is 17.5 Å². The summed E-state index contributed by atoms with van der Waals surface area (Å²) in [6.07, 6.45) is 0. The molecule has 1 unspecified atom stereocenters. The molecule has 0 spiro atoms. The van der Waals surface area contributed by atoms with Gasteiger partial charge >= 0.3 is 0 Å². The summed E-state index contributed by atoms with van der Waals surface area (Å²) >= 11 is 0. The lowest BCUT2D eigenvalue weighted by atomic mass is 10.1. The van der Waals surface area contributed by atoms with Gasteiger partial charge in [-0.25, -0.2) is 26.3 Å². The highest BCUT2D eigenvalue weighted by Crippen LogP contribution is 2.20. The second-order valence-electron chi connectivity index (χ2n) is 5.26. The molecule has 1 rings (SSSR count). The monoisotopic (exact) mass is 326 g/mol.